The van der Waals surface area contributed by atoms with E-state index in [1.807, 2.05) is 32.9 Å². The molecule has 0 saturated heterocycles. The summed E-state index contributed by atoms with van der Waals surface area (Å²) in [4.78, 5) is 12.9. The van der Waals surface area contributed by atoms with Gasteiger partial charge < -0.3 is 10.1 Å². The maximum absolute atomic E-state index is 11.8. The molecule has 0 saturated carbocycles. The second-order valence-corrected chi connectivity index (χ2v) is 8.10. The van der Waals surface area contributed by atoms with Crippen LogP contribution in [0.1, 0.15) is 47.1 Å². The molecule has 0 amide bonds. The van der Waals surface area contributed by atoms with Gasteiger partial charge in [-0.1, -0.05) is 18.2 Å². The van der Waals surface area contributed by atoms with Crippen molar-refractivity contribution in [3.8, 4) is 0 Å². The van der Waals surface area contributed by atoms with E-state index < -0.39 is 5.60 Å². The third-order valence-corrected chi connectivity index (χ3v) is 3.64. The van der Waals surface area contributed by atoms with Crippen LogP contribution in [0.25, 0.3) is 0 Å². The van der Waals surface area contributed by atoms with Crippen molar-refractivity contribution in [1.29, 1.82) is 0 Å². The number of ether oxygens (including phenoxy) is 1. The van der Waals surface area contributed by atoms with Gasteiger partial charge >= 0.3 is 5.97 Å². The average molecular weight is 309 g/mol. The molecule has 1 aromatic carbocycles. The Morgan fingerprint density at radius 3 is 2.33 bits per heavy atom. The molecular weight excluding hydrogens is 282 g/mol. The Kier molecular flexibility index (Phi) is 6.29. The summed E-state index contributed by atoms with van der Waals surface area (Å²) in [7, 11) is 0. The first-order chi connectivity index (χ1) is 9.57. The summed E-state index contributed by atoms with van der Waals surface area (Å²) in [5, 5.41) is 3.47. The minimum atomic E-state index is -0.426. The van der Waals surface area contributed by atoms with Crippen molar-refractivity contribution in [2.45, 2.75) is 64.1 Å². The van der Waals surface area contributed by atoms with Crippen LogP contribution >= 0.6 is 11.8 Å². The first-order valence-electron chi connectivity index (χ1n) is 7.24. The van der Waals surface area contributed by atoms with Gasteiger partial charge in [-0.25, -0.2) is 0 Å². The summed E-state index contributed by atoms with van der Waals surface area (Å²) in [6, 6.07) is 8.17. The number of thioether (sulfide) groups is 1. The number of hydrogen-bond acceptors (Lipinski definition) is 4. The summed E-state index contributed by atoms with van der Waals surface area (Å²) in [6.45, 7) is 12.9. The van der Waals surface area contributed by atoms with Gasteiger partial charge in [0.25, 0.3) is 0 Å². The smallest absolute Gasteiger partial charge is 0.316 e. The predicted molar refractivity (Wildman–Crippen MR) is 89.6 cm³/mol. The van der Waals surface area contributed by atoms with E-state index >= 15 is 0 Å². The first-order valence-corrected chi connectivity index (χ1v) is 8.23. The molecule has 1 N–H and O–H groups in total. The fourth-order valence-electron chi connectivity index (χ4n) is 1.66. The van der Waals surface area contributed by atoms with E-state index in [4.69, 9.17) is 4.74 Å². The Bertz CT molecular complexity index is 472. The van der Waals surface area contributed by atoms with Crippen LogP contribution in [0.5, 0.6) is 0 Å². The largest absolute Gasteiger partial charge is 0.459 e. The van der Waals surface area contributed by atoms with Gasteiger partial charge in [0, 0.05) is 17.0 Å². The fourth-order valence-corrected chi connectivity index (χ4v) is 2.49. The number of esters is 1. The van der Waals surface area contributed by atoms with E-state index in [1.54, 1.807) is 0 Å². The van der Waals surface area contributed by atoms with Crippen LogP contribution in [0.4, 0.5) is 0 Å². The monoisotopic (exact) mass is 309 g/mol. The molecule has 1 rings (SSSR count). The zero-order chi connectivity index (χ0) is 16.1. The zero-order valence-electron chi connectivity index (χ0n) is 13.9. The molecule has 0 aliphatic carbocycles. The minimum Gasteiger partial charge on any atom is -0.459 e. The van der Waals surface area contributed by atoms with Crippen LogP contribution in [0, 0.1) is 0 Å². The predicted octanol–water partition coefficient (Wildman–Crippen LogP) is 4.01. The third kappa shape index (κ3) is 8.12. The molecule has 118 valence electrons. The SMILES string of the molecule is CC(C)(C)NCc1ccccc1SCC(=O)OC(C)(C)C. The maximum atomic E-state index is 11.8. The van der Waals surface area contributed by atoms with E-state index in [0.29, 0.717) is 5.75 Å². The number of carbonyl (C=O) groups excluding carboxylic acids is 1. The van der Waals surface area contributed by atoms with Gasteiger partial charge in [0.15, 0.2) is 0 Å². The molecular formula is C17H27NO2S. The minimum absolute atomic E-state index is 0.0724. The Morgan fingerprint density at radius 2 is 1.76 bits per heavy atom. The highest BCUT2D eigenvalue weighted by molar-refractivity contribution is 8.00. The molecule has 3 nitrogen and oxygen atoms in total. The molecule has 0 aliphatic heterocycles. The van der Waals surface area contributed by atoms with Crippen molar-refractivity contribution < 1.29 is 9.53 Å². The van der Waals surface area contributed by atoms with Crippen molar-refractivity contribution in [1.82, 2.24) is 5.32 Å². The Hall–Kier alpha value is -1.00. The van der Waals surface area contributed by atoms with E-state index in [0.717, 1.165) is 11.4 Å². The highest BCUT2D eigenvalue weighted by Gasteiger charge is 2.17. The molecule has 0 unspecified atom stereocenters. The number of rotatable bonds is 5. The van der Waals surface area contributed by atoms with Crippen molar-refractivity contribution >= 4 is 17.7 Å². The molecule has 0 atom stereocenters. The first kappa shape index (κ1) is 18.1. The van der Waals surface area contributed by atoms with Crippen LogP contribution in [0.3, 0.4) is 0 Å². The second kappa shape index (κ2) is 7.32. The Morgan fingerprint density at radius 1 is 1.14 bits per heavy atom. The van der Waals surface area contributed by atoms with E-state index in [-0.39, 0.29) is 11.5 Å². The van der Waals surface area contributed by atoms with Gasteiger partial charge in [0.1, 0.15) is 5.60 Å². The molecule has 0 aliphatic rings. The lowest BCUT2D eigenvalue weighted by Crippen LogP contribution is -2.35. The van der Waals surface area contributed by atoms with E-state index in [2.05, 4.69) is 38.2 Å². The van der Waals surface area contributed by atoms with Crippen molar-refractivity contribution in [3.05, 3.63) is 29.8 Å². The highest BCUT2D eigenvalue weighted by atomic mass is 32.2. The van der Waals surface area contributed by atoms with Crippen LogP contribution in [-0.2, 0) is 16.1 Å². The normalized spacial score (nSPS) is 12.3. The molecule has 0 fully saturated rings. The molecule has 0 radical (unpaired) electrons. The number of benzene rings is 1. The maximum Gasteiger partial charge on any atom is 0.316 e. The standard InChI is InChI=1S/C17H27NO2S/c1-16(2,3)18-11-13-9-7-8-10-14(13)21-12-15(19)20-17(4,5)6/h7-10,18H,11-12H2,1-6H3. The van der Waals surface area contributed by atoms with Gasteiger partial charge in [-0.2, -0.15) is 0 Å². The van der Waals surface area contributed by atoms with Gasteiger partial charge in [-0.15, -0.1) is 11.8 Å². The van der Waals surface area contributed by atoms with Gasteiger partial charge in [0.05, 0.1) is 5.75 Å². The molecule has 0 heterocycles. The Labute approximate surface area is 132 Å². The quantitative estimate of drug-likeness (QED) is 0.659. The van der Waals surface area contributed by atoms with Crippen molar-refractivity contribution in [2.24, 2.45) is 0 Å². The van der Waals surface area contributed by atoms with Crippen molar-refractivity contribution in [3.63, 3.8) is 0 Å². The third-order valence-electron chi connectivity index (χ3n) is 2.55. The summed E-state index contributed by atoms with van der Waals surface area (Å²) >= 11 is 1.53. The molecule has 4 heteroatoms. The van der Waals surface area contributed by atoms with Crippen LogP contribution in [0.15, 0.2) is 29.2 Å². The molecule has 0 bridgehead atoms. The van der Waals surface area contributed by atoms with Crippen LogP contribution < -0.4 is 5.32 Å². The fraction of sp³-hybridized carbons (Fsp3) is 0.588. The number of carbonyl (C=O) groups is 1. The van der Waals surface area contributed by atoms with Gasteiger partial charge in [-0.3, -0.25) is 4.79 Å². The highest BCUT2D eigenvalue weighted by Crippen LogP contribution is 2.24. The summed E-state index contributed by atoms with van der Waals surface area (Å²) < 4.78 is 5.34. The lowest BCUT2D eigenvalue weighted by atomic mass is 10.1. The summed E-state index contributed by atoms with van der Waals surface area (Å²) in [6.07, 6.45) is 0. The van der Waals surface area contributed by atoms with Gasteiger partial charge in [-0.05, 0) is 53.2 Å². The molecule has 21 heavy (non-hydrogen) atoms. The van der Waals surface area contributed by atoms with E-state index in [1.165, 1.54) is 17.3 Å². The Balaban J connectivity index is 2.61. The summed E-state index contributed by atoms with van der Waals surface area (Å²) in [5.41, 5.74) is 0.856. The average Bonchev–Trinajstić information content (AvgIpc) is 2.32. The van der Waals surface area contributed by atoms with Crippen LogP contribution in [0.2, 0.25) is 0 Å². The number of hydrogen-bond donors (Lipinski definition) is 1. The lowest BCUT2D eigenvalue weighted by Gasteiger charge is -2.22. The summed E-state index contributed by atoms with van der Waals surface area (Å²) in [5.74, 6) is 0.162. The molecule has 0 aromatic heterocycles. The van der Waals surface area contributed by atoms with Crippen LogP contribution in [-0.4, -0.2) is 22.9 Å². The van der Waals surface area contributed by atoms with Gasteiger partial charge in [0.2, 0.25) is 0 Å². The molecule has 0 spiro atoms. The topological polar surface area (TPSA) is 38.3 Å². The zero-order valence-corrected chi connectivity index (χ0v) is 14.8. The van der Waals surface area contributed by atoms with Crippen molar-refractivity contribution in [2.75, 3.05) is 5.75 Å². The lowest BCUT2D eigenvalue weighted by molar-refractivity contribution is -0.151. The number of nitrogens with one attached hydrogen (secondary N) is 1. The second-order valence-electron chi connectivity index (χ2n) is 7.09. The van der Waals surface area contributed by atoms with E-state index in [9.17, 15) is 4.79 Å². The molecule has 1 aromatic rings.